The molecule has 0 saturated carbocycles. The SMILES string of the molecule is Cc1nc2ccc(N3CCCCC3)cc2c(-c2ccc(F)cc2)c1C(C)O.Cc1nc2ccc(N3CCCCC3)cc2c(-c2ccc(F)cc2)c1C(C)Oc1ccccc1C(C)C. The van der Waals surface area contributed by atoms with Crippen LogP contribution < -0.4 is 14.5 Å². The smallest absolute Gasteiger partial charge is 0.123 e. The Hall–Kier alpha value is -5.86. The van der Waals surface area contributed by atoms with Gasteiger partial charge in [0.15, 0.2) is 0 Å². The summed E-state index contributed by atoms with van der Waals surface area (Å²) >= 11 is 0. The van der Waals surface area contributed by atoms with Gasteiger partial charge in [0.1, 0.15) is 23.5 Å². The molecule has 0 bridgehead atoms. The molecule has 9 rings (SSSR count). The van der Waals surface area contributed by atoms with Gasteiger partial charge in [0.25, 0.3) is 0 Å². The zero-order valence-electron chi connectivity index (χ0n) is 37.6. The molecule has 5 aromatic carbocycles. The second-order valence-electron chi connectivity index (χ2n) is 17.6. The molecular formula is C55H60F2N4O2. The Bertz CT molecular complexity index is 2690. The lowest BCUT2D eigenvalue weighted by molar-refractivity contribution is 0.199. The van der Waals surface area contributed by atoms with E-state index < -0.39 is 6.10 Å². The third-order valence-electron chi connectivity index (χ3n) is 12.8. The molecule has 0 aliphatic carbocycles. The summed E-state index contributed by atoms with van der Waals surface area (Å²) in [7, 11) is 0. The summed E-state index contributed by atoms with van der Waals surface area (Å²) in [5, 5.41) is 12.5. The van der Waals surface area contributed by atoms with Crippen LogP contribution in [-0.4, -0.2) is 41.3 Å². The van der Waals surface area contributed by atoms with E-state index in [1.165, 1.54) is 79.7 Å². The molecule has 1 N–H and O–H groups in total. The van der Waals surface area contributed by atoms with Crippen molar-refractivity contribution in [1.29, 1.82) is 0 Å². The average molecular weight is 847 g/mol. The van der Waals surface area contributed by atoms with Gasteiger partial charge in [-0.1, -0.05) is 56.3 Å². The van der Waals surface area contributed by atoms with Gasteiger partial charge < -0.3 is 19.6 Å². The number of hydrogen-bond donors (Lipinski definition) is 1. The number of aliphatic hydroxyl groups excluding tert-OH is 1. The van der Waals surface area contributed by atoms with E-state index in [-0.39, 0.29) is 17.7 Å². The molecule has 2 atom stereocenters. The number of benzene rings is 5. The molecule has 7 aromatic rings. The molecule has 0 amide bonds. The fraction of sp³-hybridized carbons (Fsp3) is 0.345. The van der Waals surface area contributed by atoms with E-state index in [1.54, 1.807) is 19.1 Å². The second kappa shape index (κ2) is 19.3. The molecule has 2 fully saturated rings. The maximum Gasteiger partial charge on any atom is 0.123 e. The van der Waals surface area contributed by atoms with Crippen LogP contribution >= 0.6 is 0 Å². The predicted octanol–water partition coefficient (Wildman–Crippen LogP) is 14.0. The summed E-state index contributed by atoms with van der Waals surface area (Å²) in [5.74, 6) is 0.750. The third kappa shape index (κ3) is 9.57. The fourth-order valence-electron chi connectivity index (χ4n) is 9.65. The molecule has 8 heteroatoms. The summed E-state index contributed by atoms with van der Waals surface area (Å²) in [5.41, 5.74) is 12.9. The first kappa shape index (κ1) is 43.8. The summed E-state index contributed by atoms with van der Waals surface area (Å²) in [6.45, 7) is 16.5. The monoisotopic (exact) mass is 846 g/mol. The van der Waals surface area contributed by atoms with E-state index in [9.17, 15) is 13.9 Å². The van der Waals surface area contributed by atoms with Crippen molar-refractivity contribution in [3.05, 3.63) is 149 Å². The van der Waals surface area contributed by atoms with Crippen molar-refractivity contribution in [2.24, 2.45) is 0 Å². The van der Waals surface area contributed by atoms with Crippen LogP contribution in [0.25, 0.3) is 44.1 Å². The molecule has 6 nitrogen and oxygen atoms in total. The van der Waals surface area contributed by atoms with Crippen molar-refractivity contribution in [1.82, 2.24) is 9.97 Å². The lowest BCUT2D eigenvalue weighted by Crippen LogP contribution is -2.29. The number of aromatic nitrogens is 2. The number of piperidine rings is 2. The van der Waals surface area contributed by atoms with Gasteiger partial charge in [-0.3, -0.25) is 9.97 Å². The number of pyridine rings is 2. The average Bonchev–Trinajstić information content (AvgIpc) is 3.29. The van der Waals surface area contributed by atoms with Gasteiger partial charge in [-0.05, 0) is 167 Å². The highest BCUT2D eigenvalue weighted by Crippen LogP contribution is 2.42. The van der Waals surface area contributed by atoms with Crippen molar-refractivity contribution in [2.45, 2.75) is 98.2 Å². The summed E-state index contributed by atoms with van der Waals surface area (Å²) in [6.07, 6.45) is 6.57. The number of anilines is 2. The lowest BCUT2D eigenvalue weighted by atomic mass is 9.91. The number of hydrogen-bond acceptors (Lipinski definition) is 6. The first-order valence-corrected chi connectivity index (χ1v) is 22.8. The predicted molar refractivity (Wildman–Crippen MR) is 256 cm³/mol. The molecule has 326 valence electrons. The van der Waals surface area contributed by atoms with Crippen molar-refractivity contribution < 1.29 is 18.6 Å². The standard InChI is InChI=1S/C32H35FN2O.C23H25FN2O/c1-21(2)27-10-6-7-11-30(27)36-23(4)31-22(3)34-29-17-16-26(35-18-8-5-9-19-35)20-28(29)32(31)24-12-14-25(33)15-13-24;1-15-22(16(2)27)23(17-6-8-18(24)9-7-17)20-14-19(10-11-21(20)25-15)26-12-4-3-5-13-26/h6-7,10-17,20-21,23H,5,8-9,18-19H2,1-4H3;6-11,14,16,27H,3-5,12-13H2,1-2H3. The van der Waals surface area contributed by atoms with Gasteiger partial charge in [-0.2, -0.15) is 0 Å². The molecule has 2 aliphatic rings. The lowest BCUT2D eigenvalue weighted by Gasteiger charge is -2.29. The van der Waals surface area contributed by atoms with E-state index in [0.29, 0.717) is 5.92 Å². The first-order valence-electron chi connectivity index (χ1n) is 22.8. The Balaban J connectivity index is 0.000000180. The van der Waals surface area contributed by atoms with Gasteiger partial charge in [-0.15, -0.1) is 0 Å². The van der Waals surface area contributed by atoms with Crippen LogP contribution in [0.1, 0.15) is 112 Å². The van der Waals surface area contributed by atoms with Crippen LogP contribution in [0.5, 0.6) is 5.75 Å². The van der Waals surface area contributed by atoms with Gasteiger partial charge in [0.05, 0.1) is 17.1 Å². The number of halogens is 2. The highest BCUT2D eigenvalue weighted by atomic mass is 19.1. The van der Waals surface area contributed by atoms with Gasteiger partial charge in [-0.25, -0.2) is 8.78 Å². The van der Waals surface area contributed by atoms with E-state index in [2.05, 4.69) is 86.0 Å². The zero-order valence-corrected chi connectivity index (χ0v) is 37.6. The van der Waals surface area contributed by atoms with Gasteiger partial charge in [0.2, 0.25) is 0 Å². The summed E-state index contributed by atoms with van der Waals surface area (Å²) in [6, 6.07) is 34.5. The van der Waals surface area contributed by atoms with Gasteiger partial charge >= 0.3 is 0 Å². The highest BCUT2D eigenvalue weighted by Gasteiger charge is 2.24. The highest BCUT2D eigenvalue weighted by molar-refractivity contribution is 6.00. The molecule has 2 unspecified atom stereocenters. The van der Waals surface area contributed by atoms with E-state index in [0.717, 1.165) is 98.5 Å². The zero-order chi connectivity index (χ0) is 44.2. The van der Waals surface area contributed by atoms with Crippen LogP contribution in [0.4, 0.5) is 20.2 Å². The quantitative estimate of drug-likeness (QED) is 0.156. The number of aliphatic hydroxyl groups is 1. The van der Waals surface area contributed by atoms with Gasteiger partial charge in [0, 0.05) is 70.8 Å². The van der Waals surface area contributed by atoms with Crippen molar-refractivity contribution in [3.8, 4) is 28.0 Å². The van der Waals surface area contributed by atoms with Crippen LogP contribution in [0.3, 0.4) is 0 Å². The minimum Gasteiger partial charge on any atom is -0.486 e. The Morgan fingerprint density at radius 3 is 1.46 bits per heavy atom. The Morgan fingerprint density at radius 1 is 0.556 bits per heavy atom. The molecule has 4 heterocycles. The molecule has 2 aromatic heterocycles. The second-order valence-corrected chi connectivity index (χ2v) is 17.6. The number of fused-ring (bicyclic) bond motifs is 2. The largest absolute Gasteiger partial charge is 0.486 e. The molecule has 63 heavy (non-hydrogen) atoms. The third-order valence-corrected chi connectivity index (χ3v) is 12.8. The minimum absolute atomic E-state index is 0.236. The topological polar surface area (TPSA) is 61.7 Å². The summed E-state index contributed by atoms with van der Waals surface area (Å²) < 4.78 is 34.0. The molecule has 0 spiro atoms. The van der Waals surface area contributed by atoms with Crippen molar-refractivity contribution in [3.63, 3.8) is 0 Å². The maximum atomic E-state index is 13.9. The molecule has 0 radical (unpaired) electrons. The van der Waals surface area contributed by atoms with E-state index >= 15 is 0 Å². The molecule has 2 aliphatic heterocycles. The fourth-order valence-corrected chi connectivity index (χ4v) is 9.65. The number of nitrogens with zero attached hydrogens (tertiary/aromatic N) is 4. The first-order chi connectivity index (χ1) is 30.5. The molecule has 2 saturated heterocycles. The minimum atomic E-state index is -0.652. The Kier molecular flexibility index (Phi) is 13.4. The maximum absolute atomic E-state index is 13.9. The molecular weight excluding hydrogens is 787 g/mol. The van der Waals surface area contributed by atoms with Crippen LogP contribution in [0, 0.1) is 25.5 Å². The van der Waals surface area contributed by atoms with Crippen LogP contribution in [0.15, 0.2) is 109 Å². The van der Waals surface area contributed by atoms with Crippen LogP contribution in [0.2, 0.25) is 0 Å². The number of rotatable bonds is 9. The van der Waals surface area contributed by atoms with Crippen molar-refractivity contribution in [2.75, 3.05) is 36.0 Å². The number of para-hydroxylation sites is 1. The van der Waals surface area contributed by atoms with Crippen LogP contribution in [-0.2, 0) is 0 Å². The van der Waals surface area contributed by atoms with E-state index in [1.807, 2.05) is 31.2 Å². The van der Waals surface area contributed by atoms with Crippen molar-refractivity contribution >= 4 is 33.2 Å². The normalized spacial score (nSPS) is 15.3. The number of ether oxygens (including phenoxy) is 1. The summed E-state index contributed by atoms with van der Waals surface area (Å²) in [4.78, 5) is 14.6. The number of aryl methyl sites for hydroxylation is 2. The Morgan fingerprint density at radius 2 is 1.00 bits per heavy atom. The van der Waals surface area contributed by atoms with E-state index in [4.69, 9.17) is 14.7 Å². The Labute approximate surface area is 371 Å².